The summed E-state index contributed by atoms with van der Waals surface area (Å²) in [5, 5.41) is 0. The van der Waals surface area contributed by atoms with Gasteiger partial charge in [0.15, 0.2) is 0 Å². The first kappa shape index (κ1) is 15.7. The van der Waals surface area contributed by atoms with Crippen LogP contribution in [0, 0.1) is 0 Å². The molecule has 0 aliphatic carbocycles. The normalized spacial score (nSPS) is 12.4. The number of carbonyl (C=O) groups is 1. The first-order valence-electron chi connectivity index (χ1n) is 7.09. The summed E-state index contributed by atoms with van der Waals surface area (Å²) in [5.41, 5.74) is 1.30. The predicted octanol–water partition coefficient (Wildman–Crippen LogP) is 2.89. The molecule has 1 aromatic carbocycles. The lowest BCUT2D eigenvalue weighted by atomic mass is 10.1. The van der Waals surface area contributed by atoms with Crippen LogP contribution in [0.3, 0.4) is 0 Å². The number of ether oxygens (including phenoxy) is 1. The second-order valence-corrected chi connectivity index (χ2v) is 4.77. The van der Waals surface area contributed by atoms with E-state index in [4.69, 9.17) is 4.74 Å². The van der Waals surface area contributed by atoms with Gasteiger partial charge in [0.25, 0.3) is 0 Å². The molecule has 0 fully saturated rings. The van der Waals surface area contributed by atoms with Crippen molar-refractivity contribution in [1.82, 2.24) is 4.90 Å². The van der Waals surface area contributed by atoms with Crippen molar-refractivity contribution in [3.05, 3.63) is 35.9 Å². The summed E-state index contributed by atoms with van der Waals surface area (Å²) in [7, 11) is 2.00. The molecule has 3 nitrogen and oxygen atoms in total. The van der Waals surface area contributed by atoms with Gasteiger partial charge in [-0.2, -0.15) is 0 Å². The van der Waals surface area contributed by atoms with Crippen LogP contribution in [0.4, 0.5) is 0 Å². The van der Waals surface area contributed by atoms with Crippen molar-refractivity contribution >= 4 is 5.97 Å². The van der Waals surface area contributed by atoms with Crippen molar-refractivity contribution < 1.29 is 9.53 Å². The van der Waals surface area contributed by atoms with Crippen LogP contribution in [0.15, 0.2) is 30.3 Å². The Hall–Kier alpha value is -1.35. The zero-order chi connectivity index (χ0) is 14.1. The Morgan fingerprint density at radius 1 is 1.26 bits per heavy atom. The third-order valence-corrected chi connectivity index (χ3v) is 3.25. The van der Waals surface area contributed by atoms with E-state index in [1.807, 2.05) is 32.2 Å². The van der Waals surface area contributed by atoms with E-state index in [1.54, 1.807) is 0 Å². The highest BCUT2D eigenvalue weighted by Gasteiger charge is 2.23. The van der Waals surface area contributed by atoms with Gasteiger partial charge in [0, 0.05) is 6.54 Å². The van der Waals surface area contributed by atoms with E-state index in [1.165, 1.54) is 5.56 Å². The third-order valence-electron chi connectivity index (χ3n) is 3.25. The van der Waals surface area contributed by atoms with Gasteiger partial charge in [0.1, 0.15) is 6.04 Å². The standard InChI is InChI=1S/C16H25NO2/c1-4-9-15(16(18)19-5-2)17(3)13-12-14-10-7-6-8-11-14/h6-8,10-11,15H,4-5,9,12-13H2,1-3H3. The Bertz CT molecular complexity index is 364. The fourth-order valence-corrected chi connectivity index (χ4v) is 2.14. The van der Waals surface area contributed by atoms with E-state index in [-0.39, 0.29) is 12.0 Å². The molecule has 0 bridgehead atoms. The first-order chi connectivity index (χ1) is 9.19. The number of hydrogen-bond acceptors (Lipinski definition) is 3. The Morgan fingerprint density at radius 2 is 1.95 bits per heavy atom. The van der Waals surface area contributed by atoms with Crippen LogP contribution in [0.1, 0.15) is 32.3 Å². The summed E-state index contributed by atoms with van der Waals surface area (Å²) in [4.78, 5) is 14.0. The van der Waals surface area contributed by atoms with Gasteiger partial charge < -0.3 is 4.74 Å². The molecular formula is C16H25NO2. The van der Waals surface area contributed by atoms with Gasteiger partial charge in [-0.25, -0.2) is 0 Å². The third kappa shape index (κ3) is 5.43. The summed E-state index contributed by atoms with van der Waals surface area (Å²) in [6.07, 6.45) is 2.79. The van der Waals surface area contributed by atoms with Crippen molar-refractivity contribution in [2.45, 2.75) is 39.2 Å². The maximum atomic E-state index is 11.9. The first-order valence-corrected chi connectivity index (χ1v) is 7.09. The van der Waals surface area contributed by atoms with Crippen molar-refractivity contribution in [2.75, 3.05) is 20.2 Å². The molecule has 0 aliphatic heterocycles. The topological polar surface area (TPSA) is 29.5 Å². The highest BCUT2D eigenvalue weighted by molar-refractivity contribution is 5.75. The molecule has 1 atom stereocenters. The Labute approximate surface area is 116 Å². The molecular weight excluding hydrogens is 238 g/mol. The Balaban J connectivity index is 2.52. The highest BCUT2D eigenvalue weighted by Crippen LogP contribution is 2.09. The number of benzene rings is 1. The molecule has 0 spiro atoms. The molecule has 1 rings (SSSR count). The molecule has 0 saturated heterocycles. The molecule has 0 saturated carbocycles. The maximum Gasteiger partial charge on any atom is 0.323 e. The smallest absolute Gasteiger partial charge is 0.323 e. The molecule has 0 heterocycles. The predicted molar refractivity (Wildman–Crippen MR) is 78.1 cm³/mol. The van der Waals surface area contributed by atoms with E-state index < -0.39 is 0 Å². The molecule has 1 aromatic rings. The zero-order valence-corrected chi connectivity index (χ0v) is 12.3. The Kier molecular flexibility index (Phi) is 7.19. The molecule has 0 amide bonds. The lowest BCUT2D eigenvalue weighted by Gasteiger charge is -2.26. The molecule has 3 heteroatoms. The van der Waals surface area contributed by atoms with Gasteiger partial charge in [-0.15, -0.1) is 0 Å². The summed E-state index contributed by atoms with van der Waals surface area (Å²) in [6, 6.07) is 10.2. The number of nitrogens with zero attached hydrogens (tertiary/aromatic N) is 1. The largest absolute Gasteiger partial charge is 0.465 e. The van der Waals surface area contributed by atoms with Crippen LogP contribution in [-0.2, 0) is 16.0 Å². The Morgan fingerprint density at radius 3 is 2.53 bits per heavy atom. The fourth-order valence-electron chi connectivity index (χ4n) is 2.14. The van der Waals surface area contributed by atoms with Gasteiger partial charge in [0.05, 0.1) is 6.61 Å². The van der Waals surface area contributed by atoms with Gasteiger partial charge in [0.2, 0.25) is 0 Å². The van der Waals surface area contributed by atoms with Crippen LogP contribution in [-0.4, -0.2) is 37.1 Å². The molecule has 0 aliphatic rings. The van der Waals surface area contributed by atoms with Crippen LogP contribution in [0.5, 0.6) is 0 Å². The summed E-state index contributed by atoms with van der Waals surface area (Å²) in [6.45, 7) is 5.27. The molecule has 19 heavy (non-hydrogen) atoms. The minimum Gasteiger partial charge on any atom is -0.465 e. The van der Waals surface area contributed by atoms with Gasteiger partial charge in [-0.1, -0.05) is 43.7 Å². The van der Waals surface area contributed by atoms with Crippen molar-refractivity contribution in [2.24, 2.45) is 0 Å². The quantitative estimate of drug-likeness (QED) is 0.675. The fraction of sp³-hybridized carbons (Fsp3) is 0.562. The van der Waals surface area contributed by atoms with E-state index in [9.17, 15) is 4.79 Å². The molecule has 0 aromatic heterocycles. The van der Waals surface area contributed by atoms with Crippen molar-refractivity contribution in [1.29, 1.82) is 0 Å². The number of hydrogen-bond donors (Lipinski definition) is 0. The van der Waals surface area contributed by atoms with Crippen LogP contribution < -0.4 is 0 Å². The van der Waals surface area contributed by atoms with E-state index in [2.05, 4.69) is 24.0 Å². The number of rotatable bonds is 8. The minimum atomic E-state index is -0.117. The number of likely N-dealkylation sites (N-methyl/N-ethyl adjacent to an activating group) is 1. The molecule has 0 radical (unpaired) electrons. The molecule has 1 unspecified atom stereocenters. The van der Waals surface area contributed by atoms with E-state index in [0.717, 1.165) is 25.8 Å². The maximum absolute atomic E-state index is 11.9. The zero-order valence-electron chi connectivity index (χ0n) is 12.3. The molecule has 106 valence electrons. The number of carbonyl (C=O) groups excluding carboxylic acids is 1. The second-order valence-electron chi connectivity index (χ2n) is 4.77. The lowest BCUT2D eigenvalue weighted by Crippen LogP contribution is -2.40. The van der Waals surface area contributed by atoms with Crippen LogP contribution in [0.25, 0.3) is 0 Å². The van der Waals surface area contributed by atoms with Gasteiger partial charge in [-0.05, 0) is 32.4 Å². The summed E-state index contributed by atoms with van der Waals surface area (Å²) < 4.78 is 5.15. The monoisotopic (exact) mass is 263 g/mol. The average Bonchev–Trinajstić information content (AvgIpc) is 2.43. The summed E-state index contributed by atoms with van der Waals surface area (Å²) in [5.74, 6) is -0.0973. The van der Waals surface area contributed by atoms with Gasteiger partial charge in [-0.3, -0.25) is 9.69 Å². The van der Waals surface area contributed by atoms with Crippen molar-refractivity contribution in [3.63, 3.8) is 0 Å². The van der Waals surface area contributed by atoms with E-state index >= 15 is 0 Å². The SMILES string of the molecule is CCCC(C(=O)OCC)N(C)CCc1ccccc1. The minimum absolute atomic E-state index is 0.0973. The highest BCUT2D eigenvalue weighted by atomic mass is 16.5. The van der Waals surface area contributed by atoms with Gasteiger partial charge >= 0.3 is 5.97 Å². The lowest BCUT2D eigenvalue weighted by molar-refractivity contribution is -0.149. The number of esters is 1. The van der Waals surface area contributed by atoms with Crippen molar-refractivity contribution in [3.8, 4) is 0 Å². The van der Waals surface area contributed by atoms with E-state index in [0.29, 0.717) is 6.61 Å². The molecule has 0 N–H and O–H groups in total. The van der Waals surface area contributed by atoms with Crippen LogP contribution in [0.2, 0.25) is 0 Å². The summed E-state index contributed by atoms with van der Waals surface area (Å²) >= 11 is 0. The second kappa shape index (κ2) is 8.70. The average molecular weight is 263 g/mol. The van der Waals surface area contributed by atoms with Crippen LogP contribution >= 0.6 is 0 Å².